The highest BCUT2D eigenvalue weighted by atomic mass is 32.2. The summed E-state index contributed by atoms with van der Waals surface area (Å²) >= 11 is 0. The summed E-state index contributed by atoms with van der Waals surface area (Å²) in [5.74, 6) is 0.361. The fourth-order valence-electron chi connectivity index (χ4n) is 3.92. The van der Waals surface area contributed by atoms with Crippen molar-refractivity contribution in [3.05, 3.63) is 48.2 Å². The maximum absolute atomic E-state index is 12.8. The van der Waals surface area contributed by atoms with Gasteiger partial charge in [0.15, 0.2) is 9.84 Å². The number of sulfone groups is 1. The van der Waals surface area contributed by atoms with Crippen LogP contribution >= 0.6 is 0 Å². The number of morpholine rings is 1. The van der Waals surface area contributed by atoms with Crippen molar-refractivity contribution in [1.82, 2.24) is 4.98 Å². The molecule has 1 aliphatic carbocycles. The van der Waals surface area contributed by atoms with E-state index in [1.807, 2.05) is 4.90 Å². The van der Waals surface area contributed by atoms with Gasteiger partial charge in [-0.3, -0.25) is 4.79 Å². The van der Waals surface area contributed by atoms with Crippen molar-refractivity contribution >= 4 is 27.2 Å². The van der Waals surface area contributed by atoms with Crippen LogP contribution in [-0.2, 0) is 14.6 Å². The van der Waals surface area contributed by atoms with Crippen LogP contribution in [0.25, 0.3) is 0 Å². The van der Waals surface area contributed by atoms with Crippen LogP contribution in [0, 0.1) is 0 Å². The Bertz CT molecular complexity index is 964. The molecule has 1 aromatic heterocycles. The molecule has 0 unspecified atom stereocenters. The van der Waals surface area contributed by atoms with Gasteiger partial charge in [0.2, 0.25) is 0 Å². The van der Waals surface area contributed by atoms with E-state index >= 15 is 0 Å². The molecule has 0 spiro atoms. The molecule has 1 saturated heterocycles. The Balaban J connectivity index is 1.49. The summed E-state index contributed by atoms with van der Waals surface area (Å²) in [4.78, 5) is 19.6. The quantitative estimate of drug-likeness (QED) is 0.808. The lowest BCUT2D eigenvalue weighted by atomic mass is 10.2. The third-order valence-corrected chi connectivity index (χ3v) is 7.80. The minimum absolute atomic E-state index is 0.272. The van der Waals surface area contributed by atoms with E-state index < -0.39 is 9.84 Å². The van der Waals surface area contributed by atoms with Crippen molar-refractivity contribution in [3.8, 4) is 0 Å². The molecule has 2 heterocycles. The predicted octanol–water partition coefficient (Wildman–Crippen LogP) is 2.89. The van der Waals surface area contributed by atoms with E-state index in [0.717, 1.165) is 25.7 Å². The third kappa shape index (κ3) is 4.28. The lowest BCUT2D eigenvalue weighted by molar-refractivity contribution is 0.102. The second-order valence-electron chi connectivity index (χ2n) is 7.40. The number of rotatable bonds is 5. The molecule has 0 bridgehead atoms. The van der Waals surface area contributed by atoms with Crippen molar-refractivity contribution in [1.29, 1.82) is 0 Å². The molecule has 4 rings (SSSR count). The molecule has 1 amide bonds. The number of hydrogen-bond acceptors (Lipinski definition) is 6. The Labute approximate surface area is 171 Å². The van der Waals surface area contributed by atoms with E-state index in [1.54, 1.807) is 42.6 Å². The Hall–Kier alpha value is -2.45. The number of hydrogen-bond donors (Lipinski definition) is 1. The van der Waals surface area contributed by atoms with Crippen LogP contribution in [0.3, 0.4) is 0 Å². The highest BCUT2D eigenvalue weighted by Gasteiger charge is 2.30. The fourth-order valence-corrected chi connectivity index (χ4v) is 5.77. The highest BCUT2D eigenvalue weighted by molar-refractivity contribution is 7.92. The van der Waals surface area contributed by atoms with Crippen LogP contribution in [0.15, 0.2) is 47.5 Å². The van der Waals surface area contributed by atoms with Crippen molar-refractivity contribution in [2.45, 2.75) is 35.8 Å². The number of carbonyl (C=O) groups is 1. The molecule has 2 aromatic rings. The predicted molar refractivity (Wildman–Crippen MR) is 111 cm³/mol. The van der Waals surface area contributed by atoms with Crippen LogP contribution in [0.2, 0.25) is 0 Å². The van der Waals surface area contributed by atoms with E-state index in [-0.39, 0.29) is 11.2 Å². The van der Waals surface area contributed by atoms with Crippen molar-refractivity contribution < 1.29 is 17.9 Å². The van der Waals surface area contributed by atoms with Gasteiger partial charge in [-0.2, -0.15) is 0 Å². The van der Waals surface area contributed by atoms with E-state index in [9.17, 15) is 13.2 Å². The summed E-state index contributed by atoms with van der Waals surface area (Å²) in [6.07, 6.45) is 5.06. The molecule has 7 nitrogen and oxygen atoms in total. The van der Waals surface area contributed by atoms with Crippen LogP contribution in [0.5, 0.6) is 0 Å². The monoisotopic (exact) mass is 415 g/mol. The van der Waals surface area contributed by atoms with Gasteiger partial charge in [0, 0.05) is 25.0 Å². The first-order chi connectivity index (χ1) is 14.1. The first-order valence-corrected chi connectivity index (χ1v) is 11.5. The topological polar surface area (TPSA) is 88.6 Å². The van der Waals surface area contributed by atoms with Gasteiger partial charge in [-0.25, -0.2) is 13.4 Å². The molecule has 0 radical (unpaired) electrons. The van der Waals surface area contributed by atoms with E-state index in [2.05, 4.69) is 10.3 Å². The Morgan fingerprint density at radius 3 is 2.45 bits per heavy atom. The van der Waals surface area contributed by atoms with Gasteiger partial charge >= 0.3 is 0 Å². The van der Waals surface area contributed by atoms with E-state index in [1.165, 1.54) is 0 Å². The smallest absolute Gasteiger partial charge is 0.259 e. The molecule has 1 saturated carbocycles. The maximum atomic E-state index is 12.8. The summed E-state index contributed by atoms with van der Waals surface area (Å²) in [5, 5.41) is 2.57. The lowest BCUT2D eigenvalue weighted by Crippen LogP contribution is -2.38. The van der Waals surface area contributed by atoms with Gasteiger partial charge in [0.05, 0.1) is 28.9 Å². The van der Waals surface area contributed by atoms with E-state index in [0.29, 0.717) is 48.3 Å². The van der Waals surface area contributed by atoms with Crippen molar-refractivity contribution in [2.75, 3.05) is 36.5 Å². The number of pyridine rings is 1. The average molecular weight is 416 g/mol. The molecule has 154 valence electrons. The van der Waals surface area contributed by atoms with Gasteiger partial charge in [0.1, 0.15) is 5.82 Å². The van der Waals surface area contributed by atoms with Gasteiger partial charge in [-0.1, -0.05) is 12.8 Å². The summed E-state index contributed by atoms with van der Waals surface area (Å²) in [7, 11) is -3.30. The second-order valence-corrected chi connectivity index (χ2v) is 9.63. The van der Waals surface area contributed by atoms with Crippen LogP contribution in [0.4, 0.5) is 11.5 Å². The Kier molecular flexibility index (Phi) is 5.82. The molecule has 29 heavy (non-hydrogen) atoms. The maximum Gasteiger partial charge on any atom is 0.259 e. The number of nitrogens with one attached hydrogen (secondary N) is 1. The number of aromatic nitrogens is 1. The summed E-state index contributed by atoms with van der Waals surface area (Å²) in [6.45, 7) is 2.58. The lowest BCUT2D eigenvalue weighted by Gasteiger charge is -2.29. The Morgan fingerprint density at radius 1 is 1.07 bits per heavy atom. The van der Waals surface area contributed by atoms with Crippen molar-refractivity contribution in [3.63, 3.8) is 0 Å². The summed E-state index contributed by atoms with van der Waals surface area (Å²) < 4.78 is 30.8. The van der Waals surface area contributed by atoms with Gasteiger partial charge in [-0.15, -0.1) is 0 Å². The number of carbonyl (C=O) groups excluding carboxylic acids is 1. The van der Waals surface area contributed by atoms with Gasteiger partial charge in [0.25, 0.3) is 5.91 Å². The minimum atomic E-state index is -3.30. The highest BCUT2D eigenvalue weighted by Crippen LogP contribution is 2.30. The van der Waals surface area contributed by atoms with Crippen LogP contribution in [-0.4, -0.2) is 50.9 Å². The molecule has 1 N–H and O–H groups in total. The molecular formula is C21H25N3O4S. The second kappa shape index (κ2) is 8.51. The number of amides is 1. The zero-order chi connectivity index (χ0) is 20.3. The SMILES string of the molecule is O=C(Nc1ccc(S(=O)(=O)C2CCCC2)cc1)c1cccnc1N1CCOCC1. The molecule has 8 heteroatoms. The van der Waals surface area contributed by atoms with Crippen LogP contribution < -0.4 is 10.2 Å². The molecule has 1 aliphatic heterocycles. The number of benzene rings is 1. The molecular weight excluding hydrogens is 390 g/mol. The Morgan fingerprint density at radius 2 is 1.76 bits per heavy atom. The minimum Gasteiger partial charge on any atom is -0.378 e. The zero-order valence-corrected chi connectivity index (χ0v) is 17.0. The zero-order valence-electron chi connectivity index (χ0n) is 16.2. The molecule has 1 aromatic carbocycles. The summed E-state index contributed by atoms with van der Waals surface area (Å²) in [6, 6.07) is 9.92. The number of anilines is 2. The molecule has 2 fully saturated rings. The standard InChI is InChI=1S/C21H25N3O4S/c25-21(19-6-3-11-22-20(19)24-12-14-28-15-13-24)23-16-7-9-18(10-8-16)29(26,27)17-4-1-2-5-17/h3,6-11,17H,1-2,4-5,12-15H2,(H,23,25). The number of nitrogens with zero attached hydrogens (tertiary/aromatic N) is 2. The van der Waals surface area contributed by atoms with Crippen molar-refractivity contribution in [2.24, 2.45) is 0 Å². The number of ether oxygens (including phenoxy) is 1. The third-order valence-electron chi connectivity index (χ3n) is 5.52. The first-order valence-electron chi connectivity index (χ1n) is 9.99. The largest absolute Gasteiger partial charge is 0.378 e. The fraction of sp³-hybridized carbons (Fsp3) is 0.429. The first kappa shape index (κ1) is 19.8. The summed E-state index contributed by atoms with van der Waals surface area (Å²) in [5.41, 5.74) is 1.04. The normalized spacial score (nSPS) is 18.0. The average Bonchev–Trinajstić information content (AvgIpc) is 3.31. The molecule has 2 aliphatic rings. The van der Waals surface area contributed by atoms with Gasteiger partial charge in [-0.05, 0) is 49.2 Å². The van der Waals surface area contributed by atoms with Gasteiger partial charge < -0.3 is 15.0 Å². The molecule has 0 atom stereocenters. The van der Waals surface area contributed by atoms with E-state index in [4.69, 9.17) is 4.74 Å². The van der Waals surface area contributed by atoms with Crippen LogP contribution in [0.1, 0.15) is 36.0 Å².